The minimum absolute atomic E-state index is 0.00578. The van der Waals surface area contributed by atoms with Gasteiger partial charge in [0.15, 0.2) is 5.82 Å². The summed E-state index contributed by atoms with van der Waals surface area (Å²) >= 11 is 0. The largest absolute Gasteiger partial charge is 0.346 e. The lowest BCUT2D eigenvalue weighted by Gasteiger charge is -2.50. The topological polar surface area (TPSA) is 54.3 Å². The highest BCUT2D eigenvalue weighted by Crippen LogP contribution is 2.40. The zero-order valence-electron chi connectivity index (χ0n) is 14.3. The lowest BCUT2D eigenvalue weighted by molar-refractivity contribution is 0.0273. The van der Waals surface area contributed by atoms with Crippen molar-refractivity contribution >= 4 is 6.03 Å². The molecule has 1 aromatic heterocycles. The van der Waals surface area contributed by atoms with Gasteiger partial charge in [0.05, 0.1) is 5.54 Å². The predicted molar refractivity (Wildman–Crippen MR) is 85.0 cm³/mol. The minimum Gasteiger partial charge on any atom is -0.316 e. The summed E-state index contributed by atoms with van der Waals surface area (Å²) in [6.45, 7) is 13.3. The van der Waals surface area contributed by atoms with E-state index in [-0.39, 0.29) is 17.5 Å². The zero-order valence-corrected chi connectivity index (χ0v) is 14.3. The van der Waals surface area contributed by atoms with E-state index in [1.54, 1.807) is 0 Å². The Kier molecular flexibility index (Phi) is 3.75. The van der Waals surface area contributed by atoms with E-state index in [0.717, 1.165) is 38.3 Å². The highest BCUT2D eigenvalue weighted by molar-refractivity contribution is 5.78. The lowest BCUT2D eigenvalue weighted by atomic mass is 9.84. The van der Waals surface area contributed by atoms with Gasteiger partial charge in [-0.05, 0) is 33.6 Å². The first kappa shape index (κ1) is 15.5. The van der Waals surface area contributed by atoms with Crippen molar-refractivity contribution in [1.82, 2.24) is 24.6 Å². The third-order valence-electron chi connectivity index (χ3n) is 5.18. The molecular formula is C16H27N5O. The number of likely N-dealkylation sites (tertiary alicyclic amines) is 2. The minimum atomic E-state index is -0.00578. The van der Waals surface area contributed by atoms with Gasteiger partial charge >= 0.3 is 6.03 Å². The molecule has 3 rings (SSSR count). The van der Waals surface area contributed by atoms with Crippen molar-refractivity contribution in [3.63, 3.8) is 0 Å². The molecule has 0 aromatic carbocycles. The molecule has 6 nitrogen and oxygen atoms in total. The Bertz CT molecular complexity index is 579. The molecule has 122 valence electrons. The van der Waals surface area contributed by atoms with Gasteiger partial charge in [0, 0.05) is 31.6 Å². The van der Waals surface area contributed by atoms with Crippen LogP contribution in [0.25, 0.3) is 0 Å². The summed E-state index contributed by atoms with van der Waals surface area (Å²) in [5.41, 5.74) is 0.0255. The van der Waals surface area contributed by atoms with Gasteiger partial charge in [0.2, 0.25) is 0 Å². The van der Waals surface area contributed by atoms with Crippen LogP contribution in [0, 0.1) is 6.92 Å². The van der Waals surface area contributed by atoms with E-state index in [9.17, 15) is 4.79 Å². The summed E-state index contributed by atoms with van der Waals surface area (Å²) in [5.74, 6) is 1.67. The van der Waals surface area contributed by atoms with Gasteiger partial charge in [-0.3, -0.25) is 4.90 Å². The van der Waals surface area contributed by atoms with E-state index in [0.29, 0.717) is 11.9 Å². The fourth-order valence-electron chi connectivity index (χ4n) is 3.54. The van der Waals surface area contributed by atoms with Gasteiger partial charge < -0.3 is 4.90 Å². The Morgan fingerprint density at radius 2 is 1.86 bits per heavy atom. The van der Waals surface area contributed by atoms with Crippen LogP contribution in [0.3, 0.4) is 0 Å². The van der Waals surface area contributed by atoms with Crippen molar-refractivity contribution in [1.29, 1.82) is 0 Å². The molecule has 0 bridgehead atoms. The van der Waals surface area contributed by atoms with Crippen molar-refractivity contribution < 1.29 is 4.79 Å². The number of aromatic nitrogens is 3. The first-order valence-electron chi connectivity index (χ1n) is 8.33. The van der Waals surface area contributed by atoms with Crippen LogP contribution in [0.2, 0.25) is 0 Å². The Morgan fingerprint density at radius 3 is 2.32 bits per heavy atom. The number of rotatable bonds is 2. The highest BCUT2D eigenvalue weighted by atomic mass is 16.2. The summed E-state index contributed by atoms with van der Waals surface area (Å²) in [6, 6.07) is 0.534. The van der Waals surface area contributed by atoms with Gasteiger partial charge in [-0.2, -0.15) is 4.68 Å². The Balaban J connectivity index is 1.79. The van der Waals surface area contributed by atoms with E-state index in [2.05, 4.69) is 28.8 Å². The van der Waals surface area contributed by atoms with Crippen LogP contribution >= 0.6 is 0 Å². The van der Waals surface area contributed by atoms with Crippen molar-refractivity contribution in [2.24, 2.45) is 0 Å². The van der Waals surface area contributed by atoms with E-state index in [4.69, 9.17) is 0 Å². The maximum Gasteiger partial charge on any atom is 0.346 e. The molecular weight excluding hydrogens is 278 g/mol. The highest BCUT2D eigenvalue weighted by Gasteiger charge is 2.52. The van der Waals surface area contributed by atoms with Gasteiger partial charge in [0.25, 0.3) is 0 Å². The van der Waals surface area contributed by atoms with Gasteiger partial charge in [-0.1, -0.05) is 13.8 Å². The molecule has 3 heterocycles. The molecule has 1 aromatic rings. The normalized spacial score (nSPS) is 25.5. The molecule has 2 aliphatic heterocycles. The van der Waals surface area contributed by atoms with Crippen molar-refractivity contribution in [2.75, 3.05) is 19.6 Å². The van der Waals surface area contributed by atoms with Crippen LogP contribution in [-0.2, 0) is 0 Å². The average molecular weight is 305 g/mol. The number of carbonyl (C=O) groups excluding carboxylic acids is 1. The maximum atomic E-state index is 12.9. The van der Waals surface area contributed by atoms with E-state index in [1.165, 1.54) is 4.68 Å². The number of hydrogen-bond acceptors (Lipinski definition) is 4. The second kappa shape index (κ2) is 5.33. The molecule has 0 radical (unpaired) electrons. The van der Waals surface area contributed by atoms with Crippen LogP contribution in [0.5, 0.6) is 0 Å². The van der Waals surface area contributed by atoms with Crippen molar-refractivity contribution in [2.45, 2.75) is 65.0 Å². The Morgan fingerprint density at radius 1 is 1.18 bits per heavy atom. The smallest absolute Gasteiger partial charge is 0.316 e. The molecule has 22 heavy (non-hydrogen) atoms. The average Bonchev–Trinajstić information content (AvgIpc) is 3.02. The van der Waals surface area contributed by atoms with Crippen LogP contribution in [-0.4, -0.2) is 61.8 Å². The van der Waals surface area contributed by atoms with E-state index >= 15 is 0 Å². The first-order valence-corrected chi connectivity index (χ1v) is 8.33. The third-order valence-corrected chi connectivity index (χ3v) is 5.18. The van der Waals surface area contributed by atoms with E-state index in [1.807, 2.05) is 25.7 Å². The van der Waals surface area contributed by atoms with Crippen LogP contribution in [0.4, 0.5) is 4.79 Å². The zero-order chi connectivity index (χ0) is 16.1. The van der Waals surface area contributed by atoms with E-state index < -0.39 is 0 Å². The second-order valence-corrected chi connectivity index (χ2v) is 7.31. The molecule has 1 unspecified atom stereocenters. The van der Waals surface area contributed by atoms with Gasteiger partial charge in [-0.25, -0.2) is 9.78 Å². The summed E-state index contributed by atoms with van der Waals surface area (Å²) in [6.07, 6.45) is 2.18. The predicted octanol–water partition coefficient (Wildman–Crippen LogP) is 2.24. The number of carbonyl (C=O) groups is 1. The number of amides is 1. The second-order valence-electron chi connectivity index (χ2n) is 7.31. The standard InChI is InChI=1S/C16H27N5O/c1-11(2)14-17-13(5)21(18-14)15(22)20-9-7-16(20)6-8-19(10-16)12(3)4/h11-12H,6-10H2,1-5H3. The van der Waals surface area contributed by atoms with Crippen LogP contribution < -0.4 is 0 Å². The van der Waals surface area contributed by atoms with Crippen LogP contribution in [0.1, 0.15) is 58.1 Å². The van der Waals surface area contributed by atoms with Gasteiger partial charge in [-0.15, -0.1) is 5.10 Å². The number of hydrogen-bond donors (Lipinski definition) is 0. The molecule has 0 N–H and O–H groups in total. The quantitative estimate of drug-likeness (QED) is 0.841. The molecule has 6 heteroatoms. The monoisotopic (exact) mass is 305 g/mol. The van der Waals surface area contributed by atoms with Crippen molar-refractivity contribution in [3.8, 4) is 0 Å². The summed E-state index contributed by atoms with van der Waals surface area (Å²) < 4.78 is 1.49. The summed E-state index contributed by atoms with van der Waals surface area (Å²) in [7, 11) is 0. The molecule has 1 spiro atoms. The number of aryl methyl sites for hydroxylation is 1. The van der Waals surface area contributed by atoms with Crippen molar-refractivity contribution in [3.05, 3.63) is 11.6 Å². The molecule has 1 amide bonds. The number of nitrogens with zero attached hydrogens (tertiary/aromatic N) is 5. The SMILES string of the molecule is Cc1nc(C(C)C)nn1C(=O)N1CCC12CCN(C(C)C)C2. The molecule has 2 saturated heterocycles. The summed E-state index contributed by atoms with van der Waals surface area (Å²) in [4.78, 5) is 21.8. The molecule has 0 saturated carbocycles. The Labute approximate surface area is 132 Å². The first-order chi connectivity index (χ1) is 10.3. The molecule has 2 fully saturated rings. The summed E-state index contributed by atoms with van der Waals surface area (Å²) in [5, 5.41) is 4.42. The maximum absolute atomic E-state index is 12.9. The fraction of sp³-hybridized carbons (Fsp3) is 0.812. The lowest BCUT2D eigenvalue weighted by Crippen LogP contribution is -2.64. The third kappa shape index (κ3) is 2.33. The van der Waals surface area contributed by atoms with Gasteiger partial charge in [0.1, 0.15) is 5.82 Å². The molecule has 0 aliphatic carbocycles. The van der Waals surface area contributed by atoms with Crippen LogP contribution in [0.15, 0.2) is 0 Å². The fourth-order valence-corrected chi connectivity index (χ4v) is 3.54. The molecule has 2 aliphatic rings. The Hall–Kier alpha value is -1.43. The molecule has 1 atom stereocenters.